The van der Waals surface area contributed by atoms with Gasteiger partial charge in [0.25, 0.3) is 23.6 Å². The molecule has 0 radical (unpaired) electrons. The van der Waals surface area contributed by atoms with Gasteiger partial charge in [-0.05, 0) is 90.8 Å². The van der Waals surface area contributed by atoms with Crippen molar-refractivity contribution >= 4 is 46.4 Å². The third kappa shape index (κ3) is 4.07. The molecule has 0 aromatic heterocycles. The van der Waals surface area contributed by atoms with Crippen LogP contribution in [-0.2, 0) is 0 Å². The van der Waals surface area contributed by atoms with E-state index in [-0.39, 0.29) is 11.1 Å². The Morgan fingerprint density at radius 3 is 1.71 bits per heavy atom. The lowest BCUT2D eigenvalue weighted by molar-refractivity contribution is 0.0874. The predicted molar refractivity (Wildman–Crippen MR) is 161 cm³/mol. The van der Waals surface area contributed by atoms with Crippen molar-refractivity contribution in [3.8, 4) is 11.1 Å². The molecule has 7 nitrogen and oxygen atoms in total. The molecule has 1 N–H and O–H groups in total. The Hall–Kier alpha value is -5.82. The number of fused-ring (bicyclic) bond motifs is 2. The fraction of sp³-hybridized carbons (Fsp3) is 0.0286. The van der Waals surface area contributed by atoms with Gasteiger partial charge >= 0.3 is 0 Å². The number of amides is 4. The Labute approximate surface area is 241 Å². The minimum atomic E-state index is -0.452. The lowest BCUT2D eigenvalue weighted by atomic mass is 9.97. The van der Waals surface area contributed by atoms with E-state index in [1.165, 1.54) is 4.90 Å². The summed E-state index contributed by atoms with van der Waals surface area (Å²) in [6.45, 7) is 2.04. The van der Waals surface area contributed by atoms with E-state index >= 15 is 0 Å². The van der Waals surface area contributed by atoms with Crippen LogP contribution in [0.2, 0.25) is 0 Å². The van der Waals surface area contributed by atoms with Crippen LogP contribution < -0.4 is 15.1 Å². The Bertz CT molecular complexity index is 1930. The number of aryl methyl sites for hydroxylation is 1. The van der Waals surface area contributed by atoms with E-state index in [2.05, 4.69) is 34.5 Å². The Morgan fingerprint density at radius 1 is 0.524 bits per heavy atom. The Morgan fingerprint density at radius 2 is 1.05 bits per heavy atom. The molecule has 5 aromatic carbocycles. The quantitative estimate of drug-likeness (QED) is 0.243. The zero-order valence-corrected chi connectivity index (χ0v) is 22.5. The second-order valence-corrected chi connectivity index (χ2v) is 10.3. The summed E-state index contributed by atoms with van der Waals surface area (Å²) in [6, 6.07) is 35.5. The Kier molecular flexibility index (Phi) is 5.80. The van der Waals surface area contributed by atoms with Crippen molar-refractivity contribution in [2.75, 3.05) is 9.80 Å². The van der Waals surface area contributed by atoms with Crippen molar-refractivity contribution in [2.24, 2.45) is 0 Å². The van der Waals surface area contributed by atoms with Gasteiger partial charge in [-0.25, -0.2) is 4.90 Å². The molecule has 0 spiro atoms. The standard InChI is InChI=1S/C35H23N3O4/c1-21-7-11-25(12-8-21)37(24-5-3-2-4-6-24)26-13-15-27(16-14-26)38-34(41)29-18-10-23(20-31(29)35(38)42)22-9-17-28-30(19-22)33(40)36-32(28)39/h2-20H,1H3,(H,36,39,40). The zero-order valence-electron chi connectivity index (χ0n) is 22.5. The van der Waals surface area contributed by atoms with Gasteiger partial charge in [0.15, 0.2) is 0 Å². The number of hydrogen-bond acceptors (Lipinski definition) is 5. The average molecular weight is 550 g/mol. The predicted octanol–water partition coefficient (Wildman–Crippen LogP) is 6.82. The first-order valence-electron chi connectivity index (χ1n) is 13.4. The molecule has 42 heavy (non-hydrogen) atoms. The van der Waals surface area contributed by atoms with E-state index in [1.54, 1.807) is 48.5 Å². The number of nitrogens with one attached hydrogen (secondary N) is 1. The van der Waals surface area contributed by atoms with Gasteiger partial charge in [-0.15, -0.1) is 0 Å². The molecule has 5 aromatic rings. The number of nitrogens with zero attached hydrogens (tertiary/aromatic N) is 2. The summed E-state index contributed by atoms with van der Waals surface area (Å²) in [7, 11) is 0. The van der Waals surface area contributed by atoms with Crippen LogP contribution in [0.25, 0.3) is 11.1 Å². The maximum Gasteiger partial charge on any atom is 0.266 e. The first kappa shape index (κ1) is 25.2. The van der Waals surface area contributed by atoms with Gasteiger partial charge in [-0.2, -0.15) is 0 Å². The maximum atomic E-state index is 13.6. The molecule has 4 amide bonds. The molecule has 202 valence electrons. The summed E-state index contributed by atoms with van der Waals surface area (Å²) >= 11 is 0. The fourth-order valence-corrected chi connectivity index (χ4v) is 5.47. The summed E-state index contributed by atoms with van der Waals surface area (Å²) < 4.78 is 0. The second kappa shape index (κ2) is 9.67. The summed E-state index contributed by atoms with van der Waals surface area (Å²) in [5.41, 5.74) is 7.02. The number of carbonyl (C=O) groups excluding carboxylic acids is 4. The van der Waals surface area contributed by atoms with Gasteiger partial charge in [-0.3, -0.25) is 24.5 Å². The van der Waals surface area contributed by atoms with E-state index in [4.69, 9.17) is 0 Å². The highest BCUT2D eigenvalue weighted by molar-refractivity contribution is 6.34. The molecule has 0 aliphatic carbocycles. The van der Waals surface area contributed by atoms with E-state index in [0.717, 1.165) is 22.6 Å². The van der Waals surface area contributed by atoms with Crippen LogP contribution in [0.1, 0.15) is 47.0 Å². The molecule has 0 bridgehead atoms. The largest absolute Gasteiger partial charge is 0.311 e. The maximum absolute atomic E-state index is 13.6. The highest BCUT2D eigenvalue weighted by Gasteiger charge is 2.37. The average Bonchev–Trinajstić information content (AvgIpc) is 3.45. The van der Waals surface area contributed by atoms with Crippen molar-refractivity contribution in [3.63, 3.8) is 0 Å². The van der Waals surface area contributed by atoms with Crippen molar-refractivity contribution in [2.45, 2.75) is 6.92 Å². The fourth-order valence-electron chi connectivity index (χ4n) is 5.47. The number of anilines is 4. The van der Waals surface area contributed by atoms with E-state index in [9.17, 15) is 19.2 Å². The summed E-state index contributed by atoms with van der Waals surface area (Å²) in [5.74, 6) is -1.69. The highest BCUT2D eigenvalue weighted by Crippen LogP contribution is 2.37. The first-order chi connectivity index (χ1) is 20.4. The monoisotopic (exact) mass is 549 g/mol. The van der Waals surface area contributed by atoms with E-state index in [1.807, 2.05) is 49.4 Å². The van der Waals surface area contributed by atoms with E-state index in [0.29, 0.717) is 27.9 Å². The molecule has 0 saturated carbocycles. The molecule has 7 rings (SSSR count). The second-order valence-electron chi connectivity index (χ2n) is 10.3. The summed E-state index contributed by atoms with van der Waals surface area (Å²) in [6.07, 6.45) is 0. The molecule has 0 saturated heterocycles. The minimum absolute atomic E-state index is 0.285. The van der Waals surface area contributed by atoms with Crippen LogP contribution in [0.3, 0.4) is 0 Å². The summed E-state index contributed by atoms with van der Waals surface area (Å²) in [5, 5.41) is 2.28. The van der Waals surface area contributed by atoms with Crippen LogP contribution in [0.5, 0.6) is 0 Å². The molecular formula is C35H23N3O4. The van der Waals surface area contributed by atoms with Crippen molar-refractivity contribution in [1.29, 1.82) is 0 Å². The number of hydrogen-bond donors (Lipinski definition) is 1. The summed E-state index contributed by atoms with van der Waals surface area (Å²) in [4.78, 5) is 54.3. The third-order valence-electron chi connectivity index (χ3n) is 7.63. The van der Waals surface area contributed by atoms with Gasteiger partial charge in [0.05, 0.1) is 27.9 Å². The molecule has 0 unspecified atom stereocenters. The lowest BCUT2D eigenvalue weighted by Gasteiger charge is -2.26. The van der Waals surface area contributed by atoms with E-state index < -0.39 is 23.6 Å². The van der Waals surface area contributed by atoms with Crippen LogP contribution in [0.4, 0.5) is 22.7 Å². The Balaban J connectivity index is 1.20. The van der Waals surface area contributed by atoms with Gasteiger partial charge in [-0.1, -0.05) is 48.0 Å². The minimum Gasteiger partial charge on any atom is -0.311 e. The van der Waals surface area contributed by atoms with Gasteiger partial charge in [0.2, 0.25) is 0 Å². The van der Waals surface area contributed by atoms with Crippen molar-refractivity contribution in [1.82, 2.24) is 5.32 Å². The molecule has 7 heteroatoms. The molecule has 0 fully saturated rings. The molecule has 0 atom stereocenters. The number of para-hydroxylation sites is 1. The van der Waals surface area contributed by atoms with Crippen molar-refractivity contribution < 1.29 is 19.2 Å². The lowest BCUT2D eigenvalue weighted by Crippen LogP contribution is -2.29. The van der Waals surface area contributed by atoms with Crippen LogP contribution in [-0.4, -0.2) is 23.6 Å². The smallest absolute Gasteiger partial charge is 0.266 e. The third-order valence-corrected chi connectivity index (χ3v) is 7.63. The van der Waals surface area contributed by atoms with Crippen molar-refractivity contribution in [3.05, 3.63) is 143 Å². The molecule has 2 aliphatic rings. The molecule has 2 aliphatic heterocycles. The number of carbonyl (C=O) groups is 4. The molecular weight excluding hydrogens is 526 g/mol. The SMILES string of the molecule is Cc1ccc(N(c2ccccc2)c2ccc(N3C(=O)c4ccc(-c5ccc6c(c5)C(=O)NC6=O)cc4C3=O)cc2)cc1. The first-order valence-corrected chi connectivity index (χ1v) is 13.4. The van der Waals surface area contributed by atoms with Gasteiger partial charge < -0.3 is 4.90 Å². The number of imide groups is 2. The molecule has 2 heterocycles. The van der Waals surface area contributed by atoms with Gasteiger partial charge in [0, 0.05) is 17.1 Å². The normalized spacial score (nSPS) is 13.7. The topological polar surface area (TPSA) is 86.8 Å². The van der Waals surface area contributed by atoms with Gasteiger partial charge in [0.1, 0.15) is 0 Å². The zero-order chi connectivity index (χ0) is 29.0. The number of rotatable bonds is 5. The van der Waals surface area contributed by atoms with Crippen LogP contribution >= 0.6 is 0 Å². The highest BCUT2D eigenvalue weighted by atomic mass is 16.2. The van der Waals surface area contributed by atoms with Crippen LogP contribution in [0, 0.1) is 6.92 Å². The number of benzene rings is 5. The van der Waals surface area contributed by atoms with Crippen LogP contribution in [0.15, 0.2) is 115 Å².